The number of allylic oxidation sites excluding steroid dienone is 11. The highest BCUT2D eigenvalue weighted by molar-refractivity contribution is 8.03. The van der Waals surface area contributed by atoms with Gasteiger partial charge in [-0.05, 0) is 89.6 Å². The summed E-state index contributed by atoms with van der Waals surface area (Å²) >= 11 is 1.96. The Labute approximate surface area is 304 Å². The van der Waals surface area contributed by atoms with Crippen molar-refractivity contribution in [2.24, 2.45) is 5.92 Å². The summed E-state index contributed by atoms with van der Waals surface area (Å²) in [6.45, 7) is 0. The Bertz CT molecular complexity index is 2460. The van der Waals surface area contributed by atoms with Crippen LogP contribution in [0.2, 0.25) is 0 Å². The van der Waals surface area contributed by atoms with Crippen molar-refractivity contribution in [2.45, 2.75) is 60.8 Å². The number of aromatic nitrogens is 1. The van der Waals surface area contributed by atoms with Gasteiger partial charge in [-0.25, -0.2) is 0 Å². The summed E-state index contributed by atoms with van der Waals surface area (Å²) in [4.78, 5) is 5.58. The molecule has 5 aliphatic carbocycles. The maximum Gasteiger partial charge on any atom is 0.0626 e. The van der Waals surface area contributed by atoms with Crippen molar-refractivity contribution in [1.29, 1.82) is 0 Å². The van der Waals surface area contributed by atoms with E-state index in [-0.39, 0.29) is 0 Å². The smallest absolute Gasteiger partial charge is 0.0626 e. The maximum absolute atomic E-state index is 2.66. The number of anilines is 1. The van der Waals surface area contributed by atoms with E-state index in [1.165, 1.54) is 71.0 Å². The lowest BCUT2D eigenvalue weighted by atomic mass is 9.81. The third-order valence-electron chi connectivity index (χ3n) is 12.3. The molecule has 0 saturated heterocycles. The summed E-state index contributed by atoms with van der Waals surface area (Å²) in [5.41, 5.74) is 13.0. The Morgan fingerprint density at radius 1 is 0.725 bits per heavy atom. The van der Waals surface area contributed by atoms with E-state index in [0.717, 1.165) is 32.1 Å². The Hall–Kier alpha value is -4.99. The van der Waals surface area contributed by atoms with Gasteiger partial charge in [0.15, 0.2) is 0 Å². The second-order valence-electron chi connectivity index (χ2n) is 15.0. The van der Waals surface area contributed by atoms with Crippen LogP contribution < -0.4 is 15.5 Å². The molecule has 3 heterocycles. The monoisotopic (exact) mass is 676 g/mol. The van der Waals surface area contributed by atoms with Crippen LogP contribution in [0.25, 0.3) is 23.9 Å². The average molecular weight is 677 g/mol. The van der Waals surface area contributed by atoms with E-state index in [1.807, 2.05) is 11.8 Å². The van der Waals surface area contributed by atoms with E-state index < -0.39 is 0 Å². The van der Waals surface area contributed by atoms with Gasteiger partial charge in [0.2, 0.25) is 0 Å². The van der Waals surface area contributed by atoms with Crippen LogP contribution in [0.3, 0.4) is 0 Å². The minimum atomic E-state index is 0.306. The van der Waals surface area contributed by atoms with Gasteiger partial charge in [-0.3, -0.25) is 0 Å². The zero-order chi connectivity index (χ0) is 33.5. The molecule has 0 fully saturated rings. The van der Waals surface area contributed by atoms with Crippen LogP contribution in [0.4, 0.5) is 5.69 Å². The molecule has 0 amide bonds. The van der Waals surface area contributed by atoms with Crippen LogP contribution in [-0.2, 0) is 6.42 Å². The van der Waals surface area contributed by atoms with Crippen molar-refractivity contribution in [3.8, 4) is 0 Å². The van der Waals surface area contributed by atoms with Gasteiger partial charge in [-0.15, -0.1) is 0 Å². The third kappa shape index (κ3) is 4.71. The number of para-hydroxylation sites is 1. The van der Waals surface area contributed by atoms with Crippen LogP contribution in [0.1, 0.15) is 71.4 Å². The third-order valence-corrected chi connectivity index (χ3v) is 13.5. The average Bonchev–Trinajstić information content (AvgIpc) is 3.85. The Balaban J connectivity index is 0.929. The van der Waals surface area contributed by atoms with Gasteiger partial charge in [-0.1, -0.05) is 133 Å². The topological polar surface area (TPSA) is 8.17 Å². The molecular formula is C48H40N2S. The fourth-order valence-corrected chi connectivity index (χ4v) is 11.1. The van der Waals surface area contributed by atoms with Crippen LogP contribution >= 0.6 is 11.8 Å². The van der Waals surface area contributed by atoms with Crippen molar-refractivity contribution in [3.63, 3.8) is 0 Å². The lowest BCUT2D eigenvalue weighted by Crippen LogP contribution is -2.35. The fraction of sp³-hybridized carbons (Fsp3) is 0.208. The molecule has 11 rings (SSSR count). The summed E-state index contributed by atoms with van der Waals surface area (Å²) in [6.07, 6.45) is 34.7. The first-order valence-corrected chi connectivity index (χ1v) is 19.6. The molecule has 3 heteroatoms. The molecule has 0 spiro atoms. The largest absolute Gasteiger partial charge is 0.337 e. The van der Waals surface area contributed by atoms with Gasteiger partial charge in [0.1, 0.15) is 0 Å². The quantitative estimate of drug-likeness (QED) is 0.213. The van der Waals surface area contributed by atoms with Gasteiger partial charge >= 0.3 is 0 Å². The van der Waals surface area contributed by atoms with Crippen LogP contribution in [0.5, 0.6) is 0 Å². The molecule has 0 saturated carbocycles. The van der Waals surface area contributed by atoms with Crippen molar-refractivity contribution in [2.75, 3.05) is 4.90 Å². The van der Waals surface area contributed by atoms with Gasteiger partial charge < -0.3 is 9.47 Å². The number of hydrogen-bond donors (Lipinski definition) is 0. The molecule has 0 bridgehead atoms. The molecule has 248 valence electrons. The van der Waals surface area contributed by atoms with Crippen LogP contribution in [0, 0.1) is 5.92 Å². The summed E-state index contributed by atoms with van der Waals surface area (Å²) in [6, 6.07) is 29.5. The van der Waals surface area contributed by atoms with Crippen molar-refractivity contribution < 1.29 is 0 Å². The molecule has 1 aromatic heterocycles. The van der Waals surface area contributed by atoms with E-state index in [9.17, 15) is 0 Å². The highest BCUT2D eigenvalue weighted by Gasteiger charge is 2.41. The Morgan fingerprint density at radius 2 is 1.59 bits per heavy atom. The van der Waals surface area contributed by atoms with Gasteiger partial charge in [0.05, 0.1) is 6.04 Å². The lowest BCUT2D eigenvalue weighted by molar-refractivity contribution is 0.667. The number of nitrogens with zero attached hydrogens (tertiary/aromatic N) is 2. The Morgan fingerprint density at radius 3 is 2.53 bits per heavy atom. The molecule has 3 aromatic carbocycles. The van der Waals surface area contributed by atoms with Crippen LogP contribution in [-0.4, -0.2) is 10.6 Å². The fourth-order valence-electron chi connectivity index (χ4n) is 9.90. The molecule has 0 radical (unpaired) electrons. The highest BCUT2D eigenvalue weighted by atomic mass is 32.2. The summed E-state index contributed by atoms with van der Waals surface area (Å²) in [5, 5.41) is 2.83. The predicted molar refractivity (Wildman–Crippen MR) is 214 cm³/mol. The molecule has 2 nitrogen and oxygen atoms in total. The highest BCUT2D eigenvalue weighted by Crippen LogP contribution is 2.55. The molecule has 4 aromatic rings. The van der Waals surface area contributed by atoms with E-state index in [2.05, 4.69) is 161 Å². The van der Waals surface area contributed by atoms with E-state index in [4.69, 9.17) is 0 Å². The summed E-state index contributed by atoms with van der Waals surface area (Å²) in [5.74, 6) is 1.60. The van der Waals surface area contributed by atoms with E-state index >= 15 is 0 Å². The minimum Gasteiger partial charge on any atom is -0.337 e. The van der Waals surface area contributed by atoms with Crippen molar-refractivity contribution in [3.05, 3.63) is 188 Å². The zero-order valence-corrected chi connectivity index (χ0v) is 29.5. The number of benzene rings is 3. The minimum absolute atomic E-state index is 0.306. The first-order chi connectivity index (χ1) is 25.3. The number of fused-ring (bicyclic) bond motifs is 9. The normalized spacial score (nSPS) is 26.3. The number of hydrogen-bond acceptors (Lipinski definition) is 2. The van der Waals surface area contributed by atoms with Gasteiger partial charge in [0, 0.05) is 67.5 Å². The molecule has 0 N–H and O–H groups in total. The predicted octanol–water partition coefficient (Wildman–Crippen LogP) is 10.1. The lowest BCUT2D eigenvalue weighted by Gasteiger charge is -2.34. The molecular weight excluding hydrogens is 637 g/mol. The van der Waals surface area contributed by atoms with Gasteiger partial charge in [-0.2, -0.15) is 0 Å². The summed E-state index contributed by atoms with van der Waals surface area (Å²) in [7, 11) is 0. The first-order valence-electron chi connectivity index (χ1n) is 18.8. The van der Waals surface area contributed by atoms with Crippen LogP contribution in [0.15, 0.2) is 155 Å². The van der Waals surface area contributed by atoms with E-state index in [0.29, 0.717) is 29.7 Å². The zero-order valence-electron chi connectivity index (χ0n) is 28.7. The first kappa shape index (κ1) is 29.7. The molecule has 2 aliphatic heterocycles. The Kier molecular flexibility index (Phi) is 6.87. The number of rotatable bonds is 4. The second kappa shape index (κ2) is 11.8. The SMILES string of the molecule is C1=CC(c2ccccc2)CC(n2c3c(c4c2=CCC(C2=CC5c6ccccc6N(C6=CC=C7Sc8ccccc8C7C6)C5C=C2)C=4)C=CCC3)=C1. The maximum atomic E-state index is 2.66. The molecule has 51 heavy (non-hydrogen) atoms. The van der Waals surface area contributed by atoms with Gasteiger partial charge in [0.25, 0.3) is 0 Å². The van der Waals surface area contributed by atoms with Crippen molar-refractivity contribution >= 4 is 41.4 Å². The molecule has 5 unspecified atom stereocenters. The second-order valence-corrected chi connectivity index (χ2v) is 16.1. The molecule has 7 aliphatic rings. The summed E-state index contributed by atoms with van der Waals surface area (Å²) < 4.78 is 2.63. The van der Waals surface area contributed by atoms with E-state index in [1.54, 1.807) is 0 Å². The standard InChI is InChI=1S/C48H40N2S/c1-2-11-31(12-3-1)32-13-10-14-35(27-32)49-43-18-7-4-15-37(43)40-28-33(21-24-45(40)49)34-22-25-46-41(29-34)38-16-5-8-19-44(38)50(46)36-23-26-48-42(30-36)39-17-6-9-20-47(39)51-48/h1-6,8-17,19-20,22-26,28-29,32-33,41-42,46H,7,18,21,27,30H2. The number of thioether (sulfide) groups is 1. The molecule has 5 atom stereocenters. The van der Waals surface area contributed by atoms with Crippen molar-refractivity contribution in [1.82, 2.24) is 4.57 Å².